The molecule has 0 radical (unpaired) electrons. The lowest BCUT2D eigenvalue weighted by molar-refractivity contribution is -0.161. The van der Waals surface area contributed by atoms with E-state index < -0.39 is 38.6 Å². The van der Waals surface area contributed by atoms with Gasteiger partial charge in [0.05, 0.1) is 12.7 Å². The van der Waals surface area contributed by atoms with E-state index in [0.717, 1.165) is 51.4 Å². The topological polar surface area (TPSA) is 140 Å². The van der Waals surface area contributed by atoms with Gasteiger partial charge in [-0.15, -0.1) is 0 Å². The van der Waals surface area contributed by atoms with Crippen LogP contribution < -0.4 is 0 Å². The number of carbonyl (C=O) groups excluding carboxylic acids is 2. The fourth-order valence-electron chi connectivity index (χ4n) is 4.92. The van der Waals surface area contributed by atoms with Crippen molar-refractivity contribution in [3.63, 3.8) is 0 Å². The summed E-state index contributed by atoms with van der Waals surface area (Å²) in [5.41, 5.74) is 0. The number of hydrogen-bond acceptors (Lipinski definition) is 7. The minimum atomic E-state index is -4.80. The Balaban J connectivity index is 4.18. The van der Waals surface area contributed by atoms with Crippen LogP contribution in [-0.2, 0) is 28.2 Å². The van der Waals surface area contributed by atoms with Crippen LogP contribution in [0.15, 0.2) is 72.9 Å². The number of ether oxygens (including phenoxy) is 2. The summed E-state index contributed by atoms with van der Waals surface area (Å²) in [4.78, 5) is 42.8. The normalized spacial score (nSPS) is 13.9. The highest BCUT2D eigenvalue weighted by molar-refractivity contribution is 7.46. The van der Waals surface area contributed by atoms with Gasteiger partial charge in [0.2, 0.25) is 0 Å². The van der Waals surface area contributed by atoms with Crippen molar-refractivity contribution in [2.45, 2.75) is 161 Å². The molecule has 51 heavy (non-hydrogen) atoms. The summed E-state index contributed by atoms with van der Waals surface area (Å²) in [6, 6.07) is 0. The molecule has 0 saturated carbocycles. The van der Waals surface area contributed by atoms with Crippen LogP contribution in [0.5, 0.6) is 0 Å². The molecule has 0 heterocycles. The highest BCUT2D eigenvalue weighted by Crippen LogP contribution is 2.36. The first kappa shape index (κ1) is 48.5. The van der Waals surface area contributed by atoms with Crippen LogP contribution in [0.25, 0.3) is 0 Å². The summed E-state index contributed by atoms with van der Waals surface area (Å²) in [5.74, 6) is -1.10. The molecule has 0 aromatic rings. The molecular weight excluding hydrogens is 667 g/mol. The van der Waals surface area contributed by atoms with Gasteiger partial charge in [-0.05, 0) is 70.6 Å². The summed E-state index contributed by atoms with van der Waals surface area (Å²) < 4.78 is 26.2. The standard InChI is InChI=1S/C41H69O9P/c1-3-5-7-9-11-13-15-17-18-20-22-24-26-28-30-34-41(44)50-39(37-49-51(45,46)47)36-48-40(43)35-31-33-38(42)32-29-27-25-23-21-19-16-14-12-10-8-6-4-2/h6,8,12-15,19,21,25,27,29,32,38-39,42H,3-5,7,9-11,16-18,20,22-24,26,28,30-31,33-37H2,1-2H3,(H2,45,46,47)/b8-6-,14-12-,15-13-,21-19-,27-25-,32-29+/t38?,39-/m1/s1. The van der Waals surface area contributed by atoms with Crippen LogP contribution in [0.4, 0.5) is 0 Å². The minimum absolute atomic E-state index is 0.0325. The van der Waals surface area contributed by atoms with Crippen molar-refractivity contribution < 1.29 is 43.0 Å². The van der Waals surface area contributed by atoms with Crippen LogP contribution >= 0.6 is 7.82 Å². The number of phosphoric ester groups is 1. The second kappa shape index (κ2) is 35.8. The molecule has 0 amide bonds. The zero-order valence-corrected chi connectivity index (χ0v) is 32.5. The fraction of sp³-hybridized carbons (Fsp3) is 0.659. The summed E-state index contributed by atoms with van der Waals surface area (Å²) in [6.45, 7) is 3.37. The van der Waals surface area contributed by atoms with E-state index in [4.69, 9.17) is 19.3 Å². The van der Waals surface area contributed by atoms with Crippen LogP contribution in [0.3, 0.4) is 0 Å². The Bertz CT molecular complexity index is 1070. The molecular formula is C41H69O9P. The Morgan fingerprint density at radius 3 is 1.78 bits per heavy atom. The van der Waals surface area contributed by atoms with Crippen LogP contribution in [0.2, 0.25) is 0 Å². The molecule has 0 aliphatic heterocycles. The first-order valence-electron chi connectivity index (χ1n) is 19.3. The van der Waals surface area contributed by atoms with E-state index in [2.05, 4.69) is 67.0 Å². The number of carbonyl (C=O) groups is 2. The van der Waals surface area contributed by atoms with Crippen LogP contribution in [-0.4, -0.2) is 52.3 Å². The van der Waals surface area contributed by atoms with Gasteiger partial charge in [-0.25, -0.2) is 4.57 Å². The van der Waals surface area contributed by atoms with Crippen molar-refractivity contribution in [2.75, 3.05) is 13.2 Å². The highest BCUT2D eigenvalue weighted by atomic mass is 31.2. The van der Waals surface area contributed by atoms with E-state index in [1.54, 1.807) is 12.2 Å². The van der Waals surface area contributed by atoms with E-state index in [9.17, 15) is 19.3 Å². The average Bonchev–Trinajstić information content (AvgIpc) is 3.09. The van der Waals surface area contributed by atoms with E-state index in [1.807, 2.05) is 12.2 Å². The predicted octanol–water partition coefficient (Wildman–Crippen LogP) is 10.5. The molecule has 0 aromatic heterocycles. The quantitative estimate of drug-likeness (QED) is 0.0194. The van der Waals surface area contributed by atoms with Crippen molar-refractivity contribution in [3.8, 4) is 0 Å². The number of phosphoric acid groups is 1. The Morgan fingerprint density at radius 2 is 1.18 bits per heavy atom. The SMILES string of the molecule is CC/C=C\C/C=C\C/C=C\C/C=C\C=C\C(O)CCCC(=O)OC[C@H](COP(=O)(O)O)OC(=O)CCCCCCCCC/C=C\CCCCCC. The zero-order chi connectivity index (χ0) is 37.7. The van der Waals surface area contributed by atoms with Crippen molar-refractivity contribution in [3.05, 3.63) is 72.9 Å². The molecule has 1 unspecified atom stereocenters. The second-order valence-electron chi connectivity index (χ2n) is 12.7. The maximum absolute atomic E-state index is 12.4. The van der Waals surface area contributed by atoms with Gasteiger partial charge < -0.3 is 24.4 Å². The molecule has 0 bridgehead atoms. The van der Waals surface area contributed by atoms with E-state index >= 15 is 0 Å². The lowest BCUT2D eigenvalue weighted by atomic mass is 10.1. The van der Waals surface area contributed by atoms with Gasteiger partial charge in [-0.1, -0.05) is 138 Å². The largest absolute Gasteiger partial charge is 0.469 e. The third-order valence-corrected chi connectivity index (χ3v) is 8.30. The molecule has 2 atom stereocenters. The van der Waals surface area contributed by atoms with E-state index in [1.165, 1.54) is 51.4 Å². The van der Waals surface area contributed by atoms with Crippen molar-refractivity contribution >= 4 is 19.8 Å². The fourth-order valence-corrected chi connectivity index (χ4v) is 5.28. The van der Waals surface area contributed by atoms with Gasteiger partial charge in [0.1, 0.15) is 6.61 Å². The summed E-state index contributed by atoms with van der Waals surface area (Å²) in [5, 5.41) is 10.2. The molecule has 0 rings (SSSR count). The molecule has 0 saturated heterocycles. The lowest BCUT2D eigenvalue weighted by Crippen LogP contribution is -2.29. The van der Waals surface area contributed by atoms with E-state index in [-0.39, 0.29) is 19.4 Å². The molecule has 0 aliphatic rings. The Labute approximate surface area is 309 Å². The van der Waals surface area contributed by atoms with Gasteiger partial charge in [0, 0.05) is 12.8 Å². The van der Waals surface area contributed by atoms with Crippen molar-refractivity contribution in [1.29, 1.82) is 0 Å². The number of hydrogen-bond donors (Lipinski definition) is 3. The van der Waals surface area contributed by atoms with Gasteiger partial charge in [-0.3, -0.25) is 14.1 Å². The Hall–Kier alpha value is -2.55. The highest BCUT2D eigenvalue weighted by Gasteiger charge is 2.23. The number of rotatable bonds is 34. The first-order chi connectivity index (χ1) is 24.7. The zero-order valence-electron chi connectivity index (χ0n) is 31.6. The number of unbranched alkanes of at least 4 members (excludes halogenated alkanes) is 11. The molecule has 0 spiro atoms. The Morgan fingerprint density at radius 1 is 0.627 bits per heavy atom. The van der Waals surface area contributed by atoms with Crippen molar-refractivity contribution in [2.24, 2.45) is 0 Å². The monoisotopic (exact) mass is 736 g/mol. The average molecular weight is 737 g/mol. The molecule has 0 aromatic carbocycles. The molecule has 10 heteroatoms. The Kier molecular flexibility index (Phi) is 34.0. The molecule has 9 nitrogen and oxygen atoms in total. The summed E-state index contributed by atoms with van der Waals surface area (Å²) >= 11 is 0. The first-order valence-corrected chi connectivity index (χ1v) is 20.9. The summed E-state index contributed by atoms with van der Waals surface area (Å²) in [6.07, 6.45) is 42.2. The predicted molar refractivity (Wildman–Crippen MR) is 208 cm³/mol. The van der Waals surface area contributed by atoms with Crippen LogP contribution in [0, 0.1) is 0 Å². The van der Waals surface area contributed by atoms with Gasteiger partial charge in [0.15, 0.2) is 6.10 Å². The number of esters is 2. The number of allylic oxidation sites excluding steroid dienone is 11. The van der Waals surface area contributed by atoms with E-state index in [0.29, 0.717) is 19.3 Å². The molecule has 3 N–H and O–H groups in total. The third kappa shape index (κ3) is 38.5. The van der Waals surface area contributed by atoms with Crippen LogP contribution in [0.1, 0.15) is 149 Å². The van der Waals surface area contributed by atoms with Gasteiger partial charge >= 0.3 is 19.8 Å². The maximum atomic E-state index is 12.4. The third-order valence-electron chi connectivity index (χ3n) is 7.81. The molecule has 292 valence electrons. The molecule has 0 aliphatic carbocycles. The molecule has 0 fully saturated rings. The second-order valence-corrected chi connectivity index (χ2v) is 14.0. The van der Waals surface area contributed by atoms with Gasteiger partial charge in [0.25, 0.3) is 0 Å². The summed E-state index contributed by atoms with van der Waals surface area (Å²) in [7, 11) is -4.80. The number of aliphatic hydroxyl groups is 1. The van der Waals surface area contributed by atoms with Gasteiger partial charge in [-0.2, -0.15) is 0 Å². The maximum Gasteiger partial charge on any atom is 0.469 e. The van der Waals surface area contributed by atoms with Crippen molar-refractivity contribution in [1.82, 2.24) is 0 Å². The minimum Gasteiger partial charge on any atom is -0.462 e. The number of aliphatic hydroxyl groups excluding tert-OH is 1. The smallest absolute Gasteiger partial charge is 0.462 e. The lowest BCUT2D eigenvalue weighted by Gasteiger charge is -2.18.